The van der Waals surface area contributed by atoms with Crippen molar-refractivity contribution in [2.45, 2.75) is 25.7 Å². The maximum absolute atomic E-state index is 10.7. The van der Waals surface area contributed by atoms with Crippen molar-refractivity contribution in [1.82, 2.24) is 25.2 Å². The van der Waals surface area contributed by atoms with Crippen LogP contribution in [-0.4, -0.2) is 62.3 Å². The molecule has 2 saturated heterocycles. The number of para-hydroxylation sites is 1. The third-order valence-corrected chi connectivity index (χ3v) is 4.29. The van der Waals surface area contributed by atoms with Gasteiger partial charge < -0.3 is 4.84 Å². The number of fused-ring (bicyclic) bond motifs is 1. The summed E-state index contributed by atoms with van der Waals surface area (Å²) in [6.07, 6.45) is 4.42. The Morgan fingerprint density at radius 2 is 1.48 bits per heavy atom. The monoisotopic (exact) mass is 477 g/mol. The van der Waals surface area contributed by atoms with E-state index in [1.807, 2.05) is 34.3 Å². The van der Waals surface area contributed by atoms with Crippen molar-refractivity contribution in [1.29, 1.82) is 0 Å². The average Bonchev–Trinajstić information content (AvgIpc) is 3.39. The zero-order valence-electron chi connectivity index (χ0n) is 16.3. The van der Waals surface area contributed by atoms with E-state index < -0.39 is 7.81 Å². The van der Waals surface area contributed by atoms with E-state index in [-0.39, 0.29) is 6.02 Å². The first-order valence-corrected chi connectivity index (χ1v) is 11.4. The largest absolute Gasteiger partial charge is 0.467 e. The second-order valence-electron chi connectivity index (χ2n) is 6.99. The molecule has 0 aliphatic carbocycles. The van der Waals surface area contributed by atoms with Gasteiger partial charge in [-0.15, -0.1) is 15.1 Å². The van der Waals surface area contributed by atoms with E-state index >= 15 is 0 Å². The number of hydrazone groups is 1. The molecule has 176 valence electrons. The van der Waals surface area contributed by atoms with Crippen LogP contribution >= 0.6 is 7.81 Å². The zero-order valence-corrected chi connectivity index (χ0v) is 17.2. The van der Waals surface area contributed by atoms with Gasteiger partial charge in [-0.3, -0.25) is 5.73 Å². The predicted octanol–water partition coefficient (Wildman–Crippen LogP) is 3.52. The van der Waals surface area contributed by atoms with Crippen molar-refractivity contribution < 1.29 is 39.8 Å². The summed E-state index contributed by atoms with van der Waals surface area (Å²) in [4.78, 5) is 14.5. The van der Waals surface area contributed by atoms with Gasteiger partial charge in [-0.1, -0.05) is 12.1 Å². The van der Waals surface area contributed by atoms with Crippen LogP contribution in [0.3, 0.4) is 0 Å². The molecular weight excluding hydrogens is 455 g/mol. The van der Waals surface area contributed by atoms with Crippen molar-refractivity contribution in [3.63, 3.8) is 0 Å². The third-order valence-electron chi connectivity index (χ3n) is 4.29. The van der Waals surface area contributed by atoms with Crippen LogP contribution in [-0.2, 0) is 4.84 Å². The van der Waals surface area contributed by atoms with Gasteiger partial charge in [0, 0.05) is 23.1 Å². The quantitative estimate of drug-likeness (QED) is 0.180. The Balaban J connectivity index is 0.000000339. The van der Waals surface area contributed by atoms with Crippen LogP contribution in [0.4, 0.5) is 25.2 Å². The first-order valence-electron chi connectivity index (χ1n) is 9.42. The van der Waals surface area contributed by atoms with E-state index in [2.05, 4.69) is 10.3 Å². The molecule has 31 heavy (non-hydrogen) atoms. The van der Waals surface area contributed by atoms with Crippen LogP contribution in [0.15, 0.2) is 24.3 Å². The van der Waals surface area contributed by atoms with Crippen LogP contribution < -0.4 is 10.7 Å². The molecule has 3 heterocycles. The van der Waals surface area contributed by atoms with Crippen LogP contribution in [0, 0.1) is 0 Å². The van der Waals surface area contributed by atoms with E-state index in [4.69, 9.17) is 15.5 Å². The number of hydroxylamine groups is 2. The van der Waals surface area contributed by atoms with Gasteiger partial charge in [0.05, 0.1) is 17.9 Å². The van der Waals surface area contributed by atoms with Gasteiger partial charge in [0.25, 0.3) is 0 Å². The molecule has 4 rings (SSSR count). The molecule has 2 aromatic rings. The van der Waals surface area contributed by atoms with Gasteiger partial charge in [0.15, 0.2) is 5.52 Å². The molecule has 0 atom stereocenters. The van der Waals surface area contributed by atoms with Crippen molar-refractivity contribution in [3.05, 3.63) is 24.3 Å². The van der Waals surface area contributed by atoms with Gasteiger partial charge in [-0.2, -0.15) is 0 Å². The average molecular weight is 477 g/mol. The number of halogens is 6. The van der Waals surface area contributed by atoms with E-state index in [9.17, 15) is 25.2 Å². The molecule has 16 heteroatoms. The van der Waals surface area contributed by atoms with Crippen molar-refractivity contribution >= 4 is 24.9 Å². The summed E-state index contributed by atoms with van der Waals surface area (Å²) < 4.78 is 59.2. The van der Waals surface area contributed by atoms with Crippen LogP contribution in [0.1, 0.15) is 25.7 Å². The molecule has 0 bridgehead atoms. The SMILES string of the molecule is F[P-](F)(F)(F)(F)F.N/C(ON1CCCC1)=[N+](/On1nnc2ccccc21)N1CCCC1. The Morgan fingerprint density at radius 3 is 2.10 bits per heavy atom. The van der Waals surface area contributed by atoms with E-state index in [1.165, 1.54) is 9.69 Å². The first-order chi connectivity index (χ1) is 14.3. The molecule has 1 aromatic carbocycles. The van der Waals surface area contributed by atoms with Crippen molar-refractivity contribution in [2.75, 3.05) is 26.2 Å². The fraction of sp³-hybridized carbons (Fsp3) is 0.533. The Labute approximate surface area is 172 Å². The first kappa shape index (κ1) is 23.1. The smallest absolute Gasteiger partial charge is 0.341 e. The number of nitrogens with zero attached hydrogens (tertiary/aromatic N) is 6. The number of rotatable bonds is 4. The second kappa shape index (κ2) is 7.86. The molecule has 0 unspecified atom stereocenters. The Morgan fingerprint density at radius 1 is 0.935 bits per heavy atom. The number of benzene rings is 1. The minimum atomic E-state index is -10.7. The molecule has 2 N–H and O–H groups in total. The molecule has 2 aliphatic rings. The summed E-state index contributed by atoms with van der Waals surface area (Å²) in [5.41, 5.74) is 7.72. The maximum atomic E-state index is 9.87. The number of amidine groups is 1. The number of hydrogen-bond donors (Lipinski definition) is 1. The molecule has 0 radical (unpaired) electrons. The van der Waals surface area contributed by atoms with Crippen molar-refractivity contribution in [2.24, 2.45) is 5.73 Å². The fourth-order valence-electron chi connectivity index (χ4n) is 3.04. The molecule has 0 spiro atoms. The number of hydrazine groups is 1. The molecule has 0 amide bonds. The van der Waals surface area contributed by atoms with E-state index in [0.29, 0.717) is 0 Å². The predicted molar refractivity (Wildman–Crippen MR) is 99.8 cm³/mol. The summed E-state index contributed by atoms with van der Waals surface area (Å²) in [5.74, 6) is 0. The number of hydrogen-bond acceptors (Lipinski definition) is 6. The maximum Gasteiger partial charge on any atom is 0.467 e. The van der Waals surface area contributed by atoms with Gasteiger partial charge in [0.1, 0.15) is 5.52 Å². The minimum Gasteiger partial charge on any atom is -0.341 e. The van der Waals surface area contributed by atoms with Crippen LogP contribution in [0.5, 0.6) is 0 Å². The van der Waals surface area contributed by atoms with Gasteiger partial charge in [0.2, 0.25) is 0 Å². The summed E-state index contributed by atoms with van der Waals surface area (Å²) in [7, 11) is -10.7. The topological polar surface area (TPSA) is 84.7 Å². The van der Waals surface area contributed by atoms with E-state index in [0.717, 1.165) is 62.9 Å². The number of nitrogens with two attached hydrogens (primary N) is 1. The molecular formula is C15H22F6N7O2P. The minimum absolute atomic E-state index is 0.193. The van der Waals surface area contributed by atoms with Crippen LogP contribution in [0.25, 0.3) is 11.0 Å². The molecule has 2 fully saturated rings. The second-order valence-corrected chi connectivity index (χ2v) is 8.91. The van der Waals surface area contributed by atoms with E-state index in [1.54, 1.807) is 0 Å². The van der Waals surface area contributed by atoms with Gasteiger partial charge in [-0.25, -0.2) is 5.01 Å². The fourth-order valence-corrected chi connectivity index (χ4v) is 3.04. The van der Waals surface area contributed by atoms with Gasteiger partial charge >= 0.3 is 39.0 Å². The van der Waals surface area contributed by atoms with Gasteiger partial charge in [-0.05, 0) is 37.8 Å². The standard InChI is InChI=1S/C15H21N7O2.F6P/c16-15(23-20-11-5-6-12-20)22(19-9-3-4-10-19)24-21-14-8-2-1-7-13(14)17-18-21;1-7(2,3,4,5)6/h1-2,7-8,16H,3-6,9-12H2;/q;-1/p+1. The Hall–Kier alpha value is -2.54. The summed E-state index contributed by atoms with van der Waals surface area (Å²) in [6, 6.07) is 7.81. The Bertz CT molecular complexity index is 929. The molecule has 0 saturated carbocycles. The molecule has 9 nitrogen and oxygen atoms in total. The zero-order chi connectivity index (χ0) is 22.8. The summed E-state index contributed by atoms with van der Waals surface area (Å²) in [6.45, 7) is 3.47. The normalized spacial score (nSPS) is 20.5. The Kier molecular flexibility index (Phi) is 5.86. The molecule has 1 aromatic heterocycles. The summed E-state index contributed by atoms with van der Waals surface area (Å²) >= 11 is 0. The van der Waals surface area contributed by atoms with Crippen LogP contribution in [0.2, 0.25) is 0 Å². The van der Waals surface area contributed by atoms with Crippen molar-refractivity contribution in [3.8, 4) is 0 Å². The third kappa shape index (κ3) is 7.90. The molecule has 2 aliphatic heterocycles. The summed E-state index contributed by atoms with van der Waals surface area (Å²) in [5, 5.41) is 12.0. The number of aromatic nitrogens is 3.